The van der Waals surface area contributed by atoms with Gasteiger partial charge in [-0.2, -0.15) is 0 Å². The molecule has 1 saturated heterocycles. The average Bonchev–Trinajstić information content (AvgIpc) is 2.88. The number of rotatable bonds is 5. The van der Waals surface area contributed by atoms with Crippen LogP contribution in [0.4, 0.5) is 0 Å². The van der Waals surface area contributed by atoms with Gasteiger partial charge in [-0.25, -0.2) is 4.79 Å². The Kier molecular flexibility index (Phi) is 4.07. The molecule has 0 aromatic carbocycles. The van der Waals surface area contributed by atoms with Crippen molar-refractivity contribution < 1.29 is 9.90 Å². The first-order valence-corrected chi connectivity index (χ1v) is 6.36. The molecule has 1 aliphatic heterocycles. The van der Waals surface area contributed by atoms with Gasteiger partial charge in [0.25, 0.3) is 0 Å². The standard InChI is InChI=1S/C12H17ClN2O2/c13-10-8-11(12(16)17)15(9-10)7-3-6-14-4-1-2-5-14/h8-9H,1-7H2,(H,16,17). The van der Waals surface area contributed by atoms with Gasteiger partial charge in [-0.3, -0.25) is 0 Å². The summed E-state index contributed by atoms with van der Waals surface area (Å²) in [5.74, 6) is -0.918. The first-order chi connectivity index (χ1) is 8.16. The Morgan fingerprint density at radius 1 is 1.35 bits per heavy atom. The number of carbonyl (C=O) groups is 1. The van der Waals surface area contributed by atoms with E-state index in [1.54, 1.807) is 10.8 Å². The fourth-order valence-electron chi connectivity index (χ4n) is 2.31. The van der Waals surface area contributed by atoms with E-state index in [1.165, 1.54) is 32.0 Å². The lowest BCUT2D eigenvalue weighted by molar-refractivity contribution is 0.0684. The summed E-state index contributed by atoms with van der Waals surface area (Å²) in [5.41, 5.74) is 0.274. The van der Waals surface area contributed by atoms with Gasteiger partial charge in [-0.1, -0.05) is 11.6 Å². The van der Waals surface area contributed by atoms with Crippen LogP contribution in [0.25, 0.3) is 0 Å². The van der Waals surface area contributed by atoms with Crippen LogP contribution in [0.2, 0.25) is 5.02 Å². The minimum Gasteiger partial charge on any atom is -0.477 e. The Bertz CT molecular complexity index is 397. The van der Waals surface area contributed by atoms with Crippen molar-refractivity contribution in [3.63, 3.8) is 0 Å². The van der Waals surface area contributed by atoms with Crippen LogP contribution in [-0.4, -0.2) is 40.2 Å². The van der Waals surface area contributed by atoms with Crippen LogP contribution < -0.4 is 0 Å². The molecule has 0 spiro atoms. The third-order valence-electron chi connectivity index (χ3n) is 3.15. The molecule has 4 nitrogen and oxygen atoms in total. The lowest BCUT2D eigenvalue weighted by Gasteiger charge is -2.14. The zero-order valence-corrected chi connectivity index (χ0v) is 10.5. The van der Waals surface area contributed by atoms with Crippen molar-refractivity contribution in [2.24, 2.45) is 0 Å². The van der Waals surface area contributed by atoms with E-state index >= 15 is 0 Å². The molecule has 1 aliphatic rings. The van der Waals surface area contributed by atoms with Crippen molar-refractivity contribution in [3.05, 3.63) is 23.0 Å². The smallest absolute Gasteiger partial charge is 0.352 e. The Morgan fingerprint density at radius 2 is 2.06 bits per heavy atom. The molecule has 0 atom stereocenters. The maximum atomic E-state index is 11.0. The second-order valence-corrected chi connectivity index (χ2v) is 4.88. The number of carboxylic acid groups (broad SMARTS) is 1. The monoisotopic (exact) mass is 256 g/mol. The number of aryl methyl sites for hydroxylation is 1. The van der Waals surface area contributed by atoms with Gasteiger partial charge < -0.3 is 14.6 Å². The van der Waals surface area contributed by atoms with Gasteiger partial charge in [0, 0.05) is 12.7 Å². The molecule has 1 aromatic rings. The van der Waals surface area contributed by atoms with E-state index in [-0.39, 0.29) is 5.69 Å². The summed E-state index contributed by atoms with van der Waals surface area (Å²) >= 11 is 5.82. The van der Waals surface area contributed by atoms with Crippen molar-refractivity contribution in [1.29, 1.82) is 0 Å². The largest absolute Gasteiger partial charge is 0.477 e. The molecule has 0 radical (unpaired) electrons. The van der Waals surface area contributed by atoms with Gasteiger partial charge in [0.15, 0.2) is 0 Å². The summed E-state index contributed by atoms with van der Waals surface area (Å²) in [6.45, 7) is 4.11. The van der Waals surface area contributed by atoms with Crippen LogP contribution in [0.1, 0.15) is 29.8 Å². The van der Waals surface area contributed by atoms with Gasteiger partial charge in [0.05, 0.1) is 5.02 Å². The molecule has 2 rings (SSSR count). The molecule has 1 fully saturated rings. The Hall–Kier alpha value is -1.00. The van der Waals surface area contributed by atoms with E-state index in [0.717, 1.165) is 13.0 Å². The summed E-state index contributed by atoms with van der Waals surface area (Å²) in [6.07, 6.45) is 5.23. The Labute approximate surface area is 106 Å². The summed E-state index contributed by atoms with van der Waals surface area (Å²) in [6, 6.07) is 1.50. The molecular weight excluding hydrogens is 240 g/mol. The van der Waals surface area contributed by atoms with Crippen LogP contribution in [0.15, 0.2) is 12.3 Å². The fraction of sp³-hybridized carbons (Fsp3) is 0.583. The van der Waals surface area contributed by atoms with E-state index in [4.69, 9.17) is 16.7 Å². The maximum absolute atomic E-state index is 11.0. The number of halogens is 1. The number of hydrogen-bond donors (Lipinski definition) is 1. The SMILES string of the molecule is O=C(O)c1cc(Cl)cn1CCCN1CCCC1. The van der Waals surface area contributed by atoms with E-state index in [1.807, 2.05) is 0 Å². The summed E-state index contributed by atoms with van der Waals surface area (Å²) in [5, 5.41) is 9.49. The quantitative estimate of drug-likeness (QED) is 0.880. The molecule has 5 heteroatoms. The first-order valence-electron chi connectivity index (χ1n) is 5.98. The minimum absolute atomic E-state index is 0.274. The number of carboxylic acids is 1. The second kappa shape index (κ2) is 5.56. The van der Waals surface area contributed by atoms with Gasteiger partial charge in [0.1, 0.15) is 5.69 Å². The third kappa shape index (κ3) is 3.23. The zero-order valence-electron chi connectivity index (χ0n) is 9.73. The highest BCUT2D eigenvalue weighted by atomic mass is 35.5. The third-order valence-corrected chi connectivity index (χ3v) is 3.36. The normalized spacial score (nSPS) is 16.5. The molecule has 0 amide bonds. The first kappa shape index (κ1) is 12.5. The van der Waals surface area contributed by atoms with E-state index in [9.17, 15) is 4.79 Å². The molecule has 0 unspecified atom stereocenters. The molecule has 94 valence electrons. The molecule has 2 heterocycles. The predicted octanol–water partition coefficient (Wildman–Crippen LogP) is 2.33. The van der Waals surface area contributed by atoms with Crippen LogP contribution >= 0.6 is 11.6 Å². The molecular formula is C12H17ClN2O2. The van der Waals surface area contributed by atoms with Gasteiger partial charge >= 0.3 is 5.97 Å². The number of hydrogen-bond acceptors (Lipinski definition) is 2. The maximum Gasteiger partial charge on any atom is 0.352 e. The molecule has 0 bridgehead atoms. The summed E-state index contributed by atoms with van der Waals surface area (Å²) in [7, 11) is 0. The Balaban J connectivity index is 1.87. The fourth-order valence-corrected chi connectivity index (χ4v) is 2.53. The minimum atomic E-state index is -0.918. The number of aromatic carboxylic acids is 1. The topological polar surface area (TPSA) is 45.5 Å². The van der Waals surface area contributed by atoms with Crippen molar-refractivity contribution in [1.82, 2.24) is 9.47 Å². The zero-order chi connectivity index (χ0) is 12.3. The molecule has 0 saturated carbocycles. The van der Waals surface area contributed by atoms with Crippen LogP contribution in [0.5, 0.6) is 0 Å². The molecule has 17 heavy (non-hydrogen) atoms. The van der Waals surface area contributed by atoms with Crippen LogP contribution in [0.3, 0.4) is 0 Å². The lowest BCUT2D eigenvalue weighted by atomic mass is 10.3. The van der Waals surface area contributed by atoms with E-state index in [0.29, 0.717) is 11.6 Å². The van der Waals surface area contributed by atoms with E-state index in [2.05, 4.69) is 4.90 Å². The highest BCUT2D eigenvalue weighted by Gasteiger charge is 2.13. The van der Waals surface area contributed by atoms with Gasteiger partial charge in [-0.05, 0) is 45.0 Å². The van der Waals surface area contributed by atoms with Crippen molar-refractivity contribution in [3.8, 4) is 0 Å². The lowest BCUT2D eigenvalue weighted by Crippen LogP contribution is -2.22. The molecule has 1 aromatic heterocycles. The van der Waals surface area contributed by atoms with Crippen LogP contribution in [0, 0.1) is 0 Å². The van der Waals surface area contributed by atoms with Crippen molar-refractivity contribution >= 4 is 17.6 Å². The summed E-state index contributed by atoms with van der Waals surface area (Å²) in [4.78, 5) is 13.4. The Morgan fingerprint density at radius 3 is 2.71 bits per heavy atom. The number of likely N-dealkylation sites (tertiary alicyclic amines) is 1. The summed E-state index contributed by atoms with van der Waals surface area (Å²) < 4.78 is 1.72. The predicted molar refractivity (Wildman–Crippen MR) is 66.7 cm³/mol. The number of nitrogens with zero attached hydrogens (tertiary/aromatic N) is 2. The molecule has 0 aliphatic carbocycles. The van der Waals surface area contributed by atoms with Gasteiger partial charge in [0.2, 0.25) is 0 Å². The average molecular weight is 257 g/mol. The van der Waals surface area contributed by atoms with Crippen LogP contribution in [-0.2, 0) is 6.54 Å². The van der Waals surface area contributed by atoms with Gasteiger partial charge in [-0.15, -0.1) is 0 Å². The van der Waals surface area contributed by atoms with E-state index < -0.39 is 5.97 Å². The van der Waals surface area contributed by atoms with Crippen molar-refractivity contribution in [2.45, 2.75) is 25.8 Å². The number of aromatic nitrogens is 1. The van der Waals surface area contributed by atoms with Crippen molar-refractivity contribution in [2.75, 3.05) is 19.6 Å². The highest BCUT2D eigenvalue weighted by molar-refractivity contribution is 6.30. The second-order valence-electron chi connectivity index (χ2n) is 4.44. The highest BCUT2D eigenvalue weighted by Crippen LogP contribution is 2.15. The molecule has 1 N–H and O–H groups in total.